The number of halogens is 1. The third-order valence-corrected chi connectivity index (χ3v) is 3.83. The van der Waals surface area contributed by atoms with Gasteiger partial charge in [-0.1, -0.05) is 23.4 Å². The Hall–Kier alpha value is -2.21. The Morgan fingerprint density at radius 1 is 1.30 bits per heavy atom. The quantitative estimate of drug-likeness (QED) is 0.859. The molecule has 0 aliphatic heterocycles. The van der Waals surface area contributed by atoms with E-state index in [2.05, 4.69) is 15.8 Å². The number of rotatable bonds is 6. The van der Waals surface area contributed by atoms with E-state index in [0.717, 1.165) is 17.0 Å². The second kappa shape index (κ2) is 7.37. The van der Waals surface area contributed by atoms with Crippen LogP contribution in [0.3, 0.4) is 0 Å². The summed E-state index contributed by atoms with van der Waals surface area (Å²) in [4.78, 5) is 12.2. The van der Waals surface area contributed by atoms with Gasteiger partial charge in [-0.3, -0.25) is 10.1 Å². The van der Waals surface area contributed by atoms with E-state index in [4.69, 9.17) is 4.52 Å². The number of nitrogens with zero attached hydrogens (tertiary/aromatic N) is 1. The van der Waals surface area contributed by atoms with Crippen molar-refractivity contribution in [1.29, 1.82) is 0 Å². The van der Waals surface area contributed by atoms with E-state index in [9.17, 15) is 9.18 Å². The Balaban J connectivity index is 1.91. The van der Waals surface area contributed by atoms with E-state index in [1.807, 2.05) is 20.8 Å². The first-order valence-electron chi connectivity index (χ1n) is 7.60. The summed E-state index contributed by atoms with van der Waals surface area (Å²) in [5.74, 6) is 0.228. The molecule has 0 saturated carbocycles. The molecule has 1 amide bonds. The molecule has 1 aromatic carbocycles. The maximum atomic E-state index is 13.5. The molecule has 0 radical (unpaired) electrons. The minimum atomic E-state index is -0.425. The van der Waals surface area contributed by atoms with Crippen LogP contribution >= 0.6 is 0 Å². The molecule has 0 unspecified atom stereocenters. The van der Waals surface area contributed by atoms with E-state index in [0.29, 0.717) is 5.56 Å². The van der Waals surface area contributed by atoms with Crippen molar-refractivity contribution < 1.29 is 13.7 Å². The number of aromatic nitrogens is 1. The molecule has 2 rings (SSSR count). The van der Waals surface area contributed by atoms with E-state index < -0.39 is 6.04 Å². The molecule has 6 heteroatoms. The van der Waals surface area contributed by atoms with Crippen LogP contribution in [0.5, 0.6) is 0 Å². The first-order chi connectivity index (χ1) is 10.9. The minimum absolute atomic E-state index is 0.0736. The molecule has 1 aromatic heterocycles. The Kier molecular flexibility index (Phi) is 5.50. The van der Waals surface area contributed by atoms with Gasteiger partial charge in [-0.2, -0.15) is 0 Å². The van der Waals surface area contributed by atoms with Crippen molar-refractivity contribution in [2.24, 2.45) is 0 Å². The van der Waals surface area contributed by atoms with Crippen molar-refractivity contribution in [3.63, 3.8) is 0 Å². The highest BCUT2D eigenvalue weighted by atomic mass is 19.1. The summed E-state index contributed by atoms with van der Waals surface area (Å²) in [5, 5.41) is 9.87. The van der Waals surface area contributed by atoms with Crippen LogP contribution in [0.15, 0.2) is 28.8 Å². The number of nitrogens with one attached hydrogen (secondary N) is 2. The van der Waals surface area contributed by atoms with Crippen LogP contribution in [0.4, 0.5) is 4.39 Å². The Labute approximate surface area is 135 Å². The van der Waals surface area contributed by atoms with Gasteiger partial charge >= 0.3 is 0 Å². The lowest BCUT2D eigenvalue weighted by atomic mass is 10.1. The summed E-state index contributed by atoms with van der Waals surface area (Å²) in [6.45, 7) is 7.60. The van der Waals surface area contributed by atoms with Crippen LogP contribution in [0, 0.1) is 19.7 Å². The maximum Gasteiger partial charge on any atom is 0.237 e. The highest BCUT2D eigenvalue weighted by Gasteiger charge is 2.21. The molecule has 2 atom stereocenters. The van der Waals surface area contributed by atoms with Crippen molar-refractivity contribution >= 4 is 5.91 Å². The number of carbonyl (C=O) groups excluding carboxylic acids is 1. The average Bonchev–Trinajstić information content (AvgIpc) is 2.85. The first kappa shape index (κ1) is 17.1. The highest BCUT2D eigenvalue weighted by Crippen LogP contribution is 2.21. The smallest absolute Gasteiger partial charge is 0.237 e. The number of amides is 1. The molecule has 0 bridgehead atoms. The summed E-state index contributed by atoms with van der Waals surface area (Å²) >= 11 is 0. The zero-order valence-electron chi connectivity index (χ0n) is 13.8. The molecule has 0 saturated heterocycles. The van der Waals surface area contributed by atoms with Gasteiger partial charge in [0.15, 0.2) is 0 Å². The van der Waals surface area contributed by atoms with Gasteiger partial charge < -0.3 is 9.84 Å². The van der Waals surface area contributed by atoms with Crippen molar-refractivity contribution in [3.8, 4) is 0 Å². The fourth-order valence-corrected chi connectivity index (χ4v) is 2.62. The maximum absolute atomic E-state index is 13.5. The fourth-order valence-electron chi connectivity index (χ4n) is 2.62. The van der Waals surface area contributed by atoms with Crippen molar-refractivity contribution in [3.05, 3.63) is 52.7 Å². The lowest BCUT2D eigenvalue weighted by Gasteiger charge is -2.19. The molecular formula is C17H22FN3O2. The molecule has 124 valence electrons. The lowest BCUT2D eigenvalue weighted by Crippen LogP contribution is -2.43. The molecule has 0 spiro atoms. The standard InChI is InChI=1S/C17H22FN3O2/c1-10(16-11(2)21-23-13(16)4)20-12(3)17(22)19-9-14-7-5-6-8-15(14)18/h5-8,10,12,20H,9H2,1-4H3,(H,19,22)/t10-,12+/m1/s1. The first-order valence-corrected chi connectivity index (χ1v) is 7.60. The topological polar surface area (TPSA) is 67.2 Å². The molecule has 1 heterocycles. The number of benzene rings is 1. The van der Waals surface area contributed by atoms with E-state index in [1.54, 1.807) is 25.1 Å². The summed E-state index contributed by atoms with van der Waals surface area (Å²) in [6, 6.07) is 5.89. The Morgan fingerprint density at radius 2 is 2.00 bits per heavy atom. The number of aryl methyl sites for hydroxylation is 2. The van der Waals surface area contributed by atoms with Crippen molar-refractivity contribution in [2.45, 2.75) is 46.3 Å². The van der Waals surface area contributed by atoms with Gasteiger partial charge in [0.1, 0.15) is 11.6 Å². The number of hydrogen-bond acceptors (Lipinski definition) is 4. The SMILES string of the molecule is Cc1noc(C)c1[C@@H](C)N[C@@H](C)C(=O)NCc1ccccc1F. The van der Waals surface area contributed by atoms with Gasteiger partial charge in [0.25, 0.3) is 0 Å². The highest BCUT2D eigenvalue weighted by molar-refractivity contribution is 5.81. The van der Waals surface area contributed by atoms with Gasteiger partial charge in [-0.05, 0) is 33.8 Å². The molecule has 23 heavy (non-hydrogen) atoms. The van der Waals surface area contributed by atoms with Gasteiger partial charge in [-0.15, -0.1) is 0 Å². The molecule has 2 aromatic rings. The lowest BCUT2D eigenvalue weighted by molar-refractivity contribution is -0.123. The van der Waals surface area contributed by atoms with Crippen molar-refractivity contribution in [1.82, 2.24) is 15.8 Å². The monoisotopic (exact) mass is 319 g/mol. The average molecular weight is 319 g/mol. The second-order valence-electron chi connectivity index (χ2n) is 5.66. The van der Waals surface area contributed by atoms with Gasteiger partial charge in [-0.25, -0.2) is 4.39 Å². The summed E-state index contributed by atoms with van der Waals surface area (Å²) < 4.78 is 18.7. The predicted molar refractivity (Wildman–Crippen MR) is 85.2 cm³/mol. The zero-order chi connectivity index (χ0) is 17.0. The largest absolute Gasteiger partial charge is 0.361 e. The summed E-state index contributed by atoms with van der Waals surface area (Å²) in [7, 11) is 0. The minimum Gasteiger partial charge on any atom is -0.361 e. The number of hydrogen-bond donors (Lipinski definition) is 2. The molecule has 0 aliphatic rings. The van der Waals surface area contributed by atoms with Crippen LogP contribution in [-0.2, 0) is 11.3 Å². The van der Waals surface area contributed by atoms with Crippen LogP contribution in [-0.4, -0.2) is 17.1 Å². The molecular weight excluding hydrogens is 297 g/mol. The van der Waals surface area contributed by atoms with Crippen LogP contribution in [0.2, 0.25) is 0 Å². The van der Waals surface area contributed by atoms with Gasteiger partial charge in [0, 0.05) is 23.7 Å². The van der Waals surface area contributed by atoms with E-state index in [-0.39, 0.29) is 24.3 Å². The number of carbonyl (C=O) groups is 1. The second-order valence-corrected chi connectivity index (χ2v) is 5.66. The molecule has 0 aliphatic carbocycles. The third-order valence-electron chi connectivity index (χ3n) is 3.83. The molecule has 5 nitrogen and oxygen atoms in total. The zero-order valence-corrected chi connectivity index (χ0v) is 13.8. The normalized spacial score (nSPS) is 13.6. The summed E-state index contributed by atoms with van der Waals surface area (Å²) in [5.41, 5.74) is 2.23. The van der Waals surface area contributed by atoms with E-state index >= 15 is 0 Å². The van der Waals surface area contributed by atoms with Gasteiger partial charge in [0.2, 0.25) is 5.91 Å². The van der Waals surface area contributed by atoms with Gasteiger partial charge in [0.05, 0.1) is 11.7 Å². The van der Waals surface area contributed by atoms with Crippen LogP contribution < -0.4 is 10.6 Å². The molecule has 0 fully saturated rings. The predicted octanol–water partition coefficient (Wildman–Crippen LogP) is 2.79. The Morgan fingerprint density at radius 3 is 2.61 bits per heavy atom. The summed E-state index contributed by atoms with van der Waals surface area (Å²) in [6.07, 6.45) is 0. The third kappa shape index (κ3) is 4.16. The van der Waals surface area contributed by atoms with Crippen molar-refractivity contribution in [2.75, 3.05) is 0 Å². The van der Waals surface area contributed by atoms with Crippen LogP contribution in [0.25, 0.3) is 0 Å². The Bertz CT molecular complexity index is 665. The van der Waals surface area contributed by atoms with Crippen LogP contribution in [0.1, 0.15) is 42.5 Å². The molecule has 2 N–H and O–H groups in total. The fraction of sp³-hybridized carbons (Fsp3) is 0.412. The van der Waals surface area contributed by atoms with E-state index in [1.165, 1.54) is 6.07 Å².